The highest BCUT2D eigenvalue weighted by molar-refractivity contribution is 6.31. The maximum atomic E-state index is 11.8. The van der Waals surface area contributed by atoms with Crippen molar-refractivity contribution in [2.45, 2.75) is 32.4 Å². The molecule has 0 unspecified atom stereocenters. The zero-order valence-electron chi connectivity index (χ0n) is 13.5. The second-order valence-electron chi connectivity index (χ2n) is 5.66. The number of halogens is 1. The fraction of sp³-hybridized carbons (Fsp3) is 0.571. The van der Waals surface area contributed by atoms with Crippen LogP contribution >= 0.6 is 11.6 Å². The first-order valence-electron chi connectivity index (χ1n) is 6.87. The average Bonchev–Trinajstić information content (AvgIpc) is 2.43. The van der Waals surface area contributed by atoms with Crippen molar-refractivity contribution in [2.75, 3.05) is 25.6 Å². The van der Waals surface area contributed by atoms with E-state index in [1.54, 1.807) is 20.8 Å². The molecule has 9 heteroatoms. The van der Waals surface area contributed by atoms with Crippen molar-refractivity contribution in [1.29, 1.82) is 0 Å². The van der Waals surface area contributed by atoms with Crippen LogP contribution in [0.2, 0.25) is 5.15 Å². The quantitative estimate of drug-likeness (QED) is 0.773. The van der Waals surface area contributed by atoms with Gasteiger partial charge < -0.3 is 25.0 Å². The van der Waals surface area contributed by atoms with Gasteiger partial charge in [-0.1, -0.05) is 18.2 Å². The zero-order chi connectivity index (χ0) is 17.5. The Morgan fingerprint density at radius 2 is 2.22 bits per heavy atom. The zero-order valence-corrected chi connectivity index (χ0v) is 14.3. The lowest BCUT2D eigenvalue weighted by Crippen LogP contribution is -2.45. The van der Waals surface area contributed by atoms with Gasteiger partial charge in [-0.15, -0.1) is 4.98 Å². The number of carbonyl (C=O) groups is 1. The summed E-state index contributed by atoms with van der Waals surface area (Å²) in [5.74, 6) is 0.437. The fourth-order valence-electron chi connectivity index (χ4n) is 1.58. The molecule has 0 saturated heterocycles. The van der Waals surface area contributed by atoms with Crippen molar-refractivity contribution in [2.24, 2.45) is 0 Å². The summed E-state index contributed by atoms with van der Waals surface area (Å²) < 4.78 is 10.3. The van der Waals surface area contributed by atoms with Crippen LogP contribution in [0.25, 0.3) is 4.85 Å². The van der Waals surface area contributed by atoms with Crippen molar-refractivity contribution in [3.63, 3.8) is 0 Å². The van der Waals surface area contributed by atoms with Crippen molar-refractivity contribution in [3.05, 3.63) is 22.8 Å². The number of rotatable bonds is 6. The Kier molecular flexibility index (Phi) is 7.00. The monoisotopic (exact) mass is 341 g/mol. The Morgan fingerprint density at radius 1 is 1.52 bits per heavy atom. The third-order valence-electron chi connectivity index (χ3n) is 2.44. The second kappa shape index (κ2) is 8.50. The van der Waals surface area contributed by atoms with Gasteiger partial charge in [-0.3, -0.25) is 0 Å². The number of amides is 1. The molecule has 1 rings (SSSR count). The van der Waals surface area contributed by atoms with E-state index in [0.29, 0.717) is 12.4 Å². The molecule has 0 aliphatic carbocycles. The maximum absolute atomic E-state index is 11.8. The van der Waals surface area contributed by atoms with Crippen LogP contribution in [-0.4, -0.2) is 48.0 Å². The second-order valence-corrected chi connectivity index (χ2v) is 6.02. The number of aromatic nitrogens is 2. The number of methoxy groups -OCH3 is 1. The van der Waals surface area contributed by atoms with Crippen molar-refractivity contribution >= 4 is 29.3 Å². The molecule has 126 valence electrons. The van der Waals surface area contributed by atoms with Crippen LogP contribution < -0.4 is 10.6 Å². The third kappa shape index (κ3) is 7.13. The normalized spacial score (nSPS) is 12.2. The first-order valence-corrected chi connectivity index (χ1v) is 7.25. The minimum Gasteiger partial charge on any atom is -0.444 e. The molecule has 0 aliphatic heterocycles. The SMILES string of the molecule is [C-]#[N+]c1ncc(NC[C@H](COC)NC(=O)OC(C)(C)C)nc1Cl. The van der Waals surface area contributed by atoms with Crippen molar-refractivity contribution < 1.29 is 14.3 Å². The van der Waals surface area contributed by atoms with Crippen molar-refractivity contribution in [3.8, 4) is 0 Å². The number of ether oxygens (including phenoxy) is 2. The van der Waals surface area contributed by atoms with Gasteiger partial charge in [0.05, 0.1) is 12.6 Å². The van der Waals surface area contributed by atoms with E-state index in [9.17, 15) is 4.79 Å². The van der Waals surface area contributed by atoms with Gasteiger partial charge in [-0.05, 0) is 20.8 Å². The Balaban J connectivity index is 2.61. The summed E-state index contributed by atoms with van der Waals surface area (Å²) in [7, 11) is 1.53. The van der Waals surface area contributed by atoms with Crippen LogP contribution in [0.1, 0.15) is 20.8 Å². The molecule has 0 bridgehead atoms. The van der Waals surface area contributed by atoms with E-state index >= 15 is 0 Å². The van der Waals surface area contributed by atoms with E-state index in [4.69, 9.17) is 27.6 Å². The summed E-state index contributed by atoms with van der Waals surface area (Å²) in [6.45, 7) is 12.8. The van der Waals surface area contributed by atoms with Gasteiger partial charge in [0.15, 0.2) is 17.2 Å². The van der Waals surface area contributed by atoms with Crippen LogP contribution in [0.4, 0.5) is 16.4 Å². The molecule has 8 nitrogen and oxygen atoms in total. The summed E-state index contributed by atoms with van der Waals surface area (Å²) in [4.78, 5) is 22.8. The maximum Gasteiger partial charge on any atom is 0.408 e. The van der Waals surface area contributed by atoms with Gasteiger partial charge >= 0.3 is 11.9 Å². The van der Waals surface area contributed by atoms with Crippen LogP contribution in [0.15, 0.2) is 6.20 Å². The molecule has 1 heterocycles. The molecule has 0 aliphatic rings. The van der Waals surface area contributed by atoms with Gasteiger partial charge in [0.1, 0.15) is 5.60 Å². The predicted octanol–water partition coefficient (Wildman–Crippen LogP) is 2.63. The molecule has 23 heavy (non-hydrogen) atoms. The lowest BCUT2D eigenvalue weighted by atomic mass is 10.2. The average molecular weight is 342 g/mol. The summed E-state index contributed by atoms with van der Waals surface area (Å²) in [6.07, 6.45) is 0.866. The molecule has 1 atom stereocenters. The van der Waals surface area contributed by atoms with E-state index < -0.39 is 11.7 Å². The first-order chi connectivity index (χ1) is 10.7. The van der Waals surface area contributed by atoms with E-state index in [1.807, 2.05) is 0 Å². The summed E-state index contributed by atoms with van der Waals surface area (Å²) >= 11 is 5.82. The first kappa shape index (κ1) is 18.9. The van der Waals surface area contributed by atoms with Gasteiger partial charge in [0, 0.05) is 13.7 Å². The molecular formula is C14H20ClN5O3. The Labute approximate surface area is 140 Å². The molecule has 2 N–H and O–H groups in total. The largest absolute Gasteiger partial charge is 0.444 e. The van der Waals surface area contributed by atoms with E-state index in [-0.39, 0.29) is 23.6 Å². The number of carbonyl (C=O) groups excluding carboxylic acids is 1. The third-order valence-corrected chi connectivity index (χ3v) is 2.69. The lowest BCUT2D eigenvalue weighted by molar-refractivity contribution is 0.0474. The standard InChI is InChI=1S/C14H20ClN5O3/c1-14(2,3)23-13(21)19-9(8-22-5)6-17-10-7-18-12(16-4)11(15)20-10/h7,9H,6,8H2,1-3,5H3,(H,17,20)(H,19,21)/t9-/m1/s1. The van der Waals surface area contributed by atoms with Gasteiger partial charge in [-0.2, -0.15) is 0 Å². The molecule has 1 aromatic rings. The smallest absolute Gasteiger partial charge is 0.408 e. The molecular weight excluding hydrogens is 322 g/mol. The summed E-state index contributed by atoms with van der Waals surface area (Å²) in [5, 5.41) is 5.70. The molecule has 0 radical (unpaired) electrons. The van der Waals surface area contributed by atoms with E-state index in [0.717, 1.165) is 0 Å². The Bertz CT molecular complexity index is 583. The number of hydrogen-bond donors (Lipinski definition) is 2. The van der Waals surface area contributed by atoms with Crippen LogP contribution in [0.5, 0.6) is 0 Å². The topological polar surface area (TPSA) is 89.7 Å². The number of alkyl carbamates (subject to hydrolysis) is 1. The van der Waals surface area contributed by atoms with E-state index in [2.05, 4.69) is 25.4 Å². The Morgan fingerprint density at radius 3 is 2.74 bits per heavy atom. The Hall–Kier alpha value is -2.11. The van der Waals surface area contributed by atoms with Crippen LogP contribution in [0, 0.1) is 6.57 Å². The summed E-state index contributed by atoms with van der Waals surface area (Å²) in [6, 6.07) is -0.337. The molecule has 0 fully saturated rings. The minimum atomic E-state index is -0.580. The number of nitrogens with one attached hydrogen (secondary N) is 2. The lowest BCUT2D eigenvalue weighted by Gasteiger charge is -2.23. The van der Waals surface area contributed by atoms with Gasteiger partial charge in [-0.25, -0.2) is 9.78 Å². The highest BCUT2D eigenvalue weighted by atomic mass is 35.5. The van der Waals surface area contributed by atoms with E-state index in [1.165, 1.54) is 13.3 Å². The number of anilines is 1. The summed E-state index contributed by atoms with van der Waals surface area (Å²) in [5.41, 5.74) is -0.580. The number of hydrogen-bond acceptors (Lipinski definition) is 6. The number of nitrogens with zero attached hydrogens (tertiary/aromatic N) is 3. The minimum absolute atomic E-state index is 0.0217. The molecule has 0 spiro atoms. The van der Waals surface area contributed by atoms with Crippen molar-refractivity contribution in [1.82, 2.24) is 15.3 Å². The van der Waals surface area contributed by atoms with Crippen LogP contribution in [0.3, 0.4) is 0 Å². The fourth-order valence-corrected chi connectivity index (χ4v) is 1.76. The highest BCUT2D eigenvalue weighted by Crippen LogP contribution is 2.20. The molecule has 1 aromatic heterocycles. The molecule has 0 aromatic carbocycles. The van der Waals surface area contributed by atoms with Gasteiger partial charge in [0.25, 0.3) is 0 Å². The predicted molar refractivity (Wildman–Crippen MR) is 86.8 cm³/mol. The molecule has 0 saturated carbocycles. The van der Waals surface area contributed by atoms with Crippen LogP contribution in [-0.2, 0) is 9.47 Å². The van der Waals surface area contributed by atoms with Gasteiger partial charge in [0.2, 0.25) is 0 Å². The molecule has 1 amide bonds. The highest BCUT2D eigenvalue weighted by Gasteiger charge is 2.19.